The van der Waals surface area contributed by atoms with E-state index in [9.17, 15) is 9.59 Å². The number of hydrogen-bond acceptors (Lipinski definition) is 3. The van der Waals surface area contributed by atoms with Gasteiger partial charge in [0.1, 0.15) is 0 Å². The summed E-state index contributed by atoms with van der Waals surface area (Å²) in [6.45, 7) is 7.81. The summed E-state index contributed by atoms with van der Waals surface area (Å²) >= 11 is 0. The third-order valence-corrected chi connectivity index (χ3v) is 4.90. The van der Waals surface area contributed by atoms with E-state index in [2.05, 4.69) is 34.7 Å². The van der Waals surface area contributed by atoms with Crippen molar-refractivity contribution < 1.29 is 9.59 Å². The van der Waals surface area contributed by atoms with Gasteiger partial charge in [0.15, 0.2) is 0 Å². The van der Waals surface area contributed by atoms with Crippen LogP contribution in [0.25, 0.3) is 0 Å². The molecule has 0 aliphatic carbocycles. The first-order chi connectivity index (χ1) is 13.5. The van der Waals surface area contributed by atoms with Crippen LogP contribution in [-0.4, -0.2) is 25.0 Å². The van der Waals surface area contributed by atoms with Crippen molar-refractivity contribution in [3.05, 3.63) is 71.4 Å². The normalized spacial score (nSPS) is 16.2. The molecule has 0 bridgehead atoms. The zero-order valence-electron chi connectivity index (χ0n) is 16.5. The topological polar surface area (TPSA) is 73.5 Å². The summed E-state index contributed by atoms with van der Waals surface area (Å²) in [5, 5.41) is 8.49. The molecule has 0 unspecified atom stereocenters. The minimum absolute atomic E-state index is 0.242. The van der Waals surface area contributed by atoms with Crippen LogP contribution in [0.4, 0.5) is 16.2 Å². The molecule has 1 aliphatic heterocycles. The van der Waals surface area contributed by atoms with Gasteiger partial charge in [-0.25, -0.2) is 4.79 Å². The highest BCUT2D eigenvalue weighted by molar-refractivity contribution is 6.06. The van der Waals surface area contributed by atoms with Gasteiger partial charge in [-0.15, -0.1) is 0 Å². The van der Waals surface area contributed by atoms with E-state index >= 15 is 0 Å². The lowest BCUT2D eigenvalue weighted by molar-refractivity contribution is -0.113. The Morgan fingerprint density at radius 3 is 2.29 bits per heavy atom. The molecule has 1 atom stereocenters. The van der Waals surface area contributed by atoms with E-state index in [1.165, 1.54) is 0 Å². The van der Waals surface area contributed by atoms with Crippen molar-refractivity contribution in [1.82, 2.24) is 10.6 Å². The van der Waals surface area contributed by atoms with Gasteiger partial charge in [0.05, 0.1) is 11.6 Å². The first kappa shape index (κ1) is 19.5. The lowest BCUT2D eigenvalue weighted by atomic mass is 9.94. The molecule has 3 amide bonds. The molecule has 3 N–H and O–H groups in total. The van der Waals surface area contributed by atoms with Crippen molar-refractivity contribution in [2.45, 2.75) is 26.8 Å². The van der Waals surface area contributed by atoms with Crippen molar-refractivity contribution in [3.8, 4) is 0 Å². The van der Waals surface area contributed by atoms with Crippen LogP contribution >= 0.6 is 0 Å². The minimum Gasteiger partial charge on any atom is -0.372 e. The van der Waals surface area contributed by atoms with Crippen LogP contribution in [0.3, 0.4) is 0 Å². The molecule has 0 saturated heterocycles. The molecule has 6 heteroatoms. The van der Waals surface area contributed by atoms with Crippen LogP contribution in [0.1, 0.15) is 32.4 Å². The van der Waals surface area contributed by atoms with Crippen molar-refractivity contribution in [1.29, 1.82) is 0 Å². The smallest absolute Gasteiger partial charge is 0.319 e. The predicted molar refractivity (Wildman–Crippen MR) is 112 cm³/mol. The molecule has 0 fully saturated rings. The number of nitrogens with zero attached hydrogens (tertiary/aromatic N) is 1. The fourth-order valence-corrected chi connectivity index (χ4v) is 3.43. The Labute approximate surface area is 165 Å². The molecule has 0 spiro atoms. The number of amides is 3. The first-order valence-corrected chi connectivity index (χ1v) is 9.53. The zero-order chi connectivity index (χ0) is 20.1. The van der Waals surface area contributed by atoms with Gasteiger partial charge >= 0.3 is 6.03 Å². The Morgan fingerprint density at radius 1 is 1.04 bits per heavy atom. The van der Waals surface area contributed by atoms with Gasteiger partial charge in [0.25, 0.3) is 5.91 Å². The van der Waals surface area contributed by atoms with E-state index in [1.54, 1.807) is 6.92 Å². The summed E-state index contributed by atoms with van der Waals surface area (Å²) in [6, 6.07) is 16.4. The average Bonchev–Trinajstić information content (AvgIpc) is 2.69. The molecule has 2 aromatic rings. The van der Waals surface area contributed by atoms with Gasteiger partial charge < -0.3 is 20.9 Å². The summed E-state index contributed by atoms with van der Waals surface area (Å²) in [5.41, 5.74) is 3.74. The second-order valence-electron chi connectivity index (χ2n) is 6.65. The summed E-state index contributed by atoms with van der Waals surface area (Å²) in [7, 11) is 0. The number of urea groups is 1. The lowest BCUT2D eigenvalue weighted by Crippen LogP contribution is -2.46. The number of allylic oxidation sites excluding steroid dienone is 1. The second kappa shape index (κ2) is 8.61. The summed E-state index contributed by atoms with van der Waals surface area (Å²) in [5.74, 6) is -0.242. The average molecular weight is 378 g/mol. The molecule has 6 nitrogen and oxygen atoms in total. The summed E-state index contributed by atoms with van der Waals surface area (Å²) in [4.78, 5) is 27.3. The largest absolute Gasteiger partial charge is 0.372 e. The van der Waals surface area contributed by atoms with Gasteiger partial charge in [-0.1, -0.05) is 30.3 Å². The third-order valence-electron chi connectivity index (χ3n) is 4.90. The minimum atomic E-state index is -0.511. The van der Waals surface area contributed by atoms with Crippen molar-refractivity contribution in [2.24, 2.45) is 0 Å². The SMILES string of the molecule is CCN(CC)c1ccc([C@@H]2NC(=O)NC(C)=C2C(=O)Nc2ccccc2)cc1. The van der Waals surface area contributed by atoms with Crippen molar-refractivity contribution >= 4 is 23.3 Å². The van der Waals surface area contributed by atoms with Crippen molar-refractivity contribution in [2.75, 3.05) is 23.3 Å². The van der Waals surface area contributed by atoms with Crippen LogP contribution in [-0.2, 0) is 4.79 Å². The molecule has 28 heavy (non-hydrogen) atoms. The van der Waals surface area contributed by atoms with Crippen LogP contribution < -0.4 is 20.9 Å². The van der Waals surface area contributed by atoms with Gasteiger partial charge in [-0.2, -0.15) is 0 Å². The van der Waals surface area contributed by atoms with Crippen LogP contribution in [0.2, 0.25) is 0 Å². The molecular weight excluding hydrogens is 352 g/mol. The maximum atomic E-state index is 13.0. The molecule has 0 saturated carbocycles. The molecule has 1 heterocycles. The van der Waals surface area contributed by atoms with Crippen LogP contribution in [0.15, 0.2) is 65.9 Å². The highest BCUT2D eigenvalue weighted by Crippen LogP contribution is 2.29. The molecular formula is C22H26N4O2. The van der Waals surface area contributed by atoms with Crippen LogP contribution in [0.5, 0.6) is 0 Å². The second-order valence-corrected chi connectivity index (χ2v) is 6.65. The lowest BCUT2D eigenvalue weighted by Gasteiger charge is -2.29. The van der Waals surface area contributed by atoms with E-state index < -0.39 is 6.04 Å². The maximum absolute atomic E-state index is 13.0. The molecule has 2 aromatic carbocycles. The third kappa shape index (κ3) is 4.17. The Hall–Kier alpha value is -3.28. The monoisotopic (exact) mass is 378 g/mol. The molecule has 3 rings (SSSR count). The number of benzene rings is 2. The molecule has 146 valence electrons. The quantitative estimate of drug-likeness (QED) is 0.716. The number of rotatable bonds is 6. The molecule has 0 aromatic heterocycles. The van der Waals surface area contributed by atoms with Crippen molar-refractivity contribution in [3.63, 3.8) is 0 Å². The van der Waals surface area contributed by atoms with E-state index in [4.69, 9.17) is 0 Å². The molecule has 0 radical (unpaired) electrons. The van der Waals surface area contributed by atoms with Gasteiger partial charge in [-0.05, 0) is 50.6 Å². The van der Waals surface area contributed by atoms with E-state index in [0.717, 1.165) is 24.3 Å². The number of hydrogen-bond donors (Lipinski definition) is 3. The summed E-state index contributed by atoms with van der Waals surface area (Å²) in [6.07, 6.45) is 0. The van der Waals surface area contributed by atoms with E-state index in [1.807, 2.05) is 54.6 Å². The number of para-hydroxylation sites is 1. The number of anilines is 2. The standard InChI is InChI=1S/C22H26N4O2/c1-4-26(5-2)18-13-11-16(12-14-18)20-19(15(3)23-22(28)25-20)21(27)24-17-9-7-6-8-10-17/h6-14,20H,4-5H2,1-3H3,(H,24,27)(H2,23,25,28)/t20-/m0/s1. The Balaban J connectivity index is 1.90. The zero-order valence-corrected chi connectivity index (χ0v) is 16.5. The number of carbonyl (C=O) groups is 2. The highest BCUT2D eigenvalue weighted by atomic mass is 16.2. The summed E-state index contributed by atoms with van der Waals surface area (Å²) < 4.78 is 0. The fourth-order valence-electron chi connectivity index (χ4n) is 3.43. The van der Waals surface area contributed by atoms with E-state index in [0.29, 0.717) is 17.0 Å². The molecule has 1 aliphatic rings. The first-order valence-electron chi connectivity index (χ1n) is 9.53. The predicted octanol–water partition coefficient (Wildman–Crippen LogP) is 3.80. The number of carbonyl (C=O) groups excluding carboxylic acids is 2. The number of nitrogens with one attached hydrogen (secondary N) is 3. The van der Waals surface area contributed by atoms with Gasteiger partial charge in [-0.3, -0.25) is 4.79 Å². The fraction of sp³-hybridized carbons (Fsp3) is 0.273. The van der Waals surface area contributed by atoms with Crippen LogP contribution in [0, 0.1) is 0 Å². The van der Waals surface area contributed by atoms with Gasteiger partial charge in [0, 0.05) is 30.2 Å². The Bertz CT molecular complexity index is 871. The van der Waals surface area contributed by atoms with E-state index in [-0.39, 0.29) is 11.9 Å². The maximum Gasteiger partial charge on any atom is 0.319 e. The van der Waals surface area contributed by atoms with Gasteiger partial charge in [0.2, 0.25) is 0 Å². The Morgan fingerprint density at radius 2 is 1.68 bits per heavy atom. The highest BCUT2D eigenvalue weighted by Gasteiger charge is 2.31. The Kier molecular flexibility index (Phi) is 5.99.